The van der Waals surface area contributed by atoms with Gasteiger partial charge >= 0.3 is 0 Å². The molecule has 3 aliphatic heterocycles. The SMILES string of the molecule is Cc1ccc2cc1CNC(=O)[C@H](CCc1ccccc1)NC(=O)[C@@H](NC(=O)CCN1CCC3(CCC3)C1)CC(=O)N1CCCC(CCO2)C1. The third-order valence-corrected chi connectivity index (χ3v) is 11.3. The number of likely N-dealkylation sites (tertiary alicyclic amines) is 1. The lowest BCUT2D eigenvalue weighted by atomic mass is 9.68. The molecule has 3 heterocycles. The Morgan fingerprint density at radius 2 is 1.84 bits per heavy atom. The van der Waals surface area contributed by atoms with Crippen LogP contribution in [-0.4, -0.2) is 84.8 Å². The number of rotatable bonds is 7. The third-order valence-electron chi connectivity index (χ3n) is 11.3. The lowest BCUT2D eigenvalue weighted by molar-refractivity contribution is -0.138. The van der Waals surface area contributed by atoms with Crippen LogP contribution >= 0.6 is 0 Å². The van der Waals surface area contributed by atoms with E-state index in [-0.39, 0.29) is 37.1 Å². The maximum atomic E-state index is 14.0. The van der Waals surface area contributed by atoms with Gasteiger partial charge in [-0.25, -0.2) is 0 Å². The lowest BCUT2D eigenvalue weighted by Gasteiger charge is -2.38. The van der Waals surface area contributed by atoms with E-state index in [0.717, 1.165) is 54.8 Å². The van der Waals surface area contributed by atoms with Gasteiger partial charge in [0.1, 0.15) is 17.8 Å². The summed E-state index contributed by atoms with van der Waals surface area (Å²) < 4.78 is 6.13. The lowest BCUT2D eigenvalue weighted by Crippen LogP contribution is -2.55. The number of carbonyl (C=O) groups is 4. The van der Waals surface area contributed by atoms with Gasteiger partial charge < -0.3 is 30.5 Å². The minimum absolute atomic E-state index is 0.148. The van der Waals surface area contributed by atoms with Gasteiger partial charge in [0.25, 0.3) is 0 Å². The summed E-state index contributed by atoms with van der Waals surface area (Å²) in [4.78, 5) is 59.0. The van der Waals surface area contributed by atoms with Gasteiger partial charge in [-0.3, -0.25) is 19.2 Å². The average Bonchev–Trinajstić information content (AvgIpc) is 3.55. The van der Waals surface area contributed by atoms with Crippen LogP contribution < -0.4 is 20.7 Å². The fourth-order valence-corrected chi connectivity index (χ4v) is 7.94. The largest absolute Gasteiger partial charge is 0.494 e. The molecule has 49 heavy (non-hydrogen) atoms. The van der Waals surface area contributed by atoms with Crippen LogP contribution in [0.1, 0.15) is 80.9 Å². The van der Waals surface area contributed by atoms with Crippen LogP contribution in [0.2, 0.25) is 0 Å². The molecule has 264 valence electrons. The summed E-state index contributed by atoms with van der Waals surface area (Å²) in [6, 6.07) is 13.8. The average molecular weight is 672 g/mol. The van der Waals surface area contributed by atoms with Crippen LogP contribution in [0, 0.1) is 18.3 Å². The highest BCUT2D eigenvalue weighted by molar-refractivity contribution is 5.95. The van der Waals surface area contributed by atoms with Crippen molar-refractivity contribution >= 4 is 23.6 Å². The number of nitrogens with zero attached hydrogens (tertiary/aromatic N) is 2. The molecule has 2 aromatic carbocycles. The van der Waals surface area contributed by atoms with Crippen molar-refractivity contribution in [3.63, 3.8) is 0 Å². The molecule has 2 aromatic rings. The van der Waals surface area contributed by atoms with Crippen molar-refractivity contribution in [2.75, 3.05) is 39.3 Å². The predicted octanol–water partition coefficient (Wildman–Crippen LogP) is 3.89. The Hall–Kier alpha value is -3.92. The number of ether oxygens (including phenoxy) is 1. The molecule has 3 fully saturated rings. The standard InChI is InChI=1S/C39H53N5O5/c1-28-10-12-32-23-31(28)25-40-37(47)33(13-11-29-7-3-2-4-8-29)42-38(48)34(24-36(46)44-19-5-9-30(26-44)15-22-49-32)41-35(45)14-20-43-21-18-39(27-43)16-6-17-39/h2-4,7-8,10,12,23,30,33-34H,5-6,9,11,13-22,24-27H2,1H3,(H,40,47)(H,41,45)(H,42,48)/t30?,33-,34-/m0/s1. The normalized spacial score (nSPS) is 25.0. The molecule has 6 rings (SSSR count). The van der Waals surface area contributed by atoms with Gasteiger partial charge in [-0.05, 0) is 105 Å². The number of benzene rings is 2. The quantitative estimate of drug-likeness (QED) is 0.411. The first-order chi connectivity index (χ1) is 23.7. The second kappa shape index (κ2) is 16.2. The van der Waals surface area contributed by atoms with Crippen LogP contribution in [0.4, 0.5) is 0 Å². The maximum absolute atomic E-state index is 14.0. The molecular weight excluding hydrogens is 618 g/mol. The molecule has 0 radical (unpaired) electrons. The molecule has 4 aliphatic rings. The van der Waals surface area contributed by atoms with E-state index in [2.05, 4.69) is 20.9 Å². The number of piperidine rings is 1. The first-order valence-corrected chi connectivity index (χ1v) is 18.4. The number of hydrogen-bond acceptors (Lipinski definition) is 6. The van der Waals surface area contributed by atoms with Gasteiger partial charge in [-0.1, -0.05) is 42.8 Å². The Morgan fingerprint density at radius 1 is 1.00 bits per heavy atom. The molecule has 1 aliphatic carbocycles. The molecule has 0 aromatic heterocycles. The third kappa shape index (κ3) is 9.41. The van der Waals surface area contributed by atoms with Crippen molar-refractivity contribution in [1.82, 2.24) is 25.8 Å². The maximum Gasteiger partial charge on any atom is 0.243 e. The minimum Gasteiger partial charge on any atom is -0.494 e. The Morgan fingerprint density at radius 3 is 2.61 bits per heavy atom. The highest BCUT2D eigenvalue weighted by Gasteiger charge is 2.42. The molecule has 3 N–H and O–H groups in total. The fraction of sp³-hybridized carbons (Fsp3) is 0.590. The van der Waals surface area contributed by atoms with Gasteiger partial charge in [-0.15, -0.1) is 0 Å². The first-order valence-electron chi connectivity index (χ1n) is 18.4. The summed E-state index contributed by atoms with van der Waals surface area (Å²) in [5.41, 5.74) is 3.47. The van der Waals surface area contributed by atoms with E-state index in [1.54, 1.807) is 0 Å². The molecule has 1 spiro atoms. The summed E-state index contributed by atoms with van der Waals surface area (Å²) in [7, 11) is 0. The Kier molecular flexibility index (Phi) is 11.5. The van der Waals surface area contributed by atoms with E-state index in [0.29, 0.717) is 50.4 Å². The summed E-state index contributed by atoms with van der Waals surface area (Å²) in [6.45, 7) is 6.71. The molecule has 10 heteroatoms. The predicted molar refractivity (Wildman–Crippen MR) is 188 cm³/mol. The molecule has 1 unspecified atom stereocenters. The summed E-state index contributed by atoms with van der Waals surface area (Å²) in [5.74, 6) is -0.189. The van der Waals surface area contributed by atoms with Gasteiger partial charge in [0.2, 0.25) is 23.6 Å². The van der Waals surface area contributed by atoms with Gasteiger partial charge in [0.05, 0.1) is 13.0 Å². The topological polar surface area (TPSA) is 120 Å². The van der Waals surface area contributed by atoms with Crippen LogP contribution in [-0.2, 0) is 32.1 Å². The zero-order valence-electron chi connectivity index (χ0n) is 29.0. The number of fused-ring (bicyclic) bond motifs is 4. The van der Waals surface area contributed by atoms with E-state index >= 15 is 0 Å². The van der Waals surface area contributed by atoms with E-state index in [4.69, 9.17) is 4.74 Å². The zero-order valence-corrected chi connectivity index (χ0v) is 29.0. The van der Waals surface area contributed by atoms with Gasteiger partial charge in [0.15, 0.2) is 0 Å². The highest BCUT2D eigenvalue weighted by Crippen LogP contribution is 2.47. The Bertz CT molecular complexity index is 1480. The Labute approximate surface area is 290 Å². The van der Waals surface area contributed by atoms with E-state index in [1.807, 2.05) is 60.4 Å². The molecular formula is C39H53N5O5. The molecule has 3 atom stereocenters. The molecule has 2 saturated heterocycles. The van der Waals surface area contributed by atoms with Crippen molar-refractivity contribution in [3.05, 3.63) is 65.2 Å². The van der Waals surface area contributed by atoms with Crippen LogP contribution in [0.5, 0.6) is 5.75 Å². The second-order valence-corrected chi connectivity index (χ2v) is 14.8. The first kappa shape index (κ1) is 34.9. The van der Waals surface area contributed by atoms with Crippen LogP contribution in [0.3, 0.4) is 0 Å². The summed E-state index contributed by atoms with van der Waals surface area (Å²) >= 11 is 0. The Balaban J connectivity index is 1.19. The minimum atomic E-state index is -1.08. The summed E-state index contributed by atoms with van der Waals surface area (Å²) in [6.07, 6.45) is 8.78. The van der Waals surface area contributed by atoms with Gasteiger partial charge in [-0.2, -0.15) is 0 Å². The molecule has 10 nitrogen and oxygen atoms in total. The number of amides is 4. The smallest absolute Gasteiger partial charge is 0.243 e. The van der Waals surface area contributed by atoms with Crippen molar-refractivity contribution in [3.8, 4) is 5.75 Å². The number of hydrogen-bond donors (Lipinski definition) is 3. The number of carbonyl (C=O) groups excluding carboxylic acids is 4. The van der Waals surface area contributed by atoms with Gasteiger partial charge in [0, 0.05) is 39.1 Å². The summed E-state index contributed by atoms with van der Waals surface area (Å²) in [5, 5.41) is 8.89. The number of nitrogens with one attached hydrogen (secondary N) is 3. The van der Waals surface area contributed by atoms with Crippen molar-refractivity contribution in [2.45, 2.75) is 96.2 Å². The molecule has 4 bridgehead atoms. The zero-order chi connectivity index (χ0) is 34.2. The fourth-order valence-electron chi connectivity index (χ4n) is 7.94. The number of aryl methyl sites for hydroxylation is 2. The van der Waals surface area contributed by atoms with Crippen LogP contribution in [0.15, 0.2) is 48.5 Å². The second-order valence-electron chi connectivity index (χ2n) is 14.8. The van der Waals surface area contributed by atoms with Crippen molar-refractivity contribution in [2.24, 2.45) is 11.3 Å². The van der Waals surface area contributed by atoms with Crippen molar-refractivity contribution < 1.29 is 23.9 Å². The van der Waals surface area contributed by atoms with Crippen LogP contribution in [0.25, 0.3) is 0 Å². The van der Waals surface area contributed by atoms with E-state index < -0.39 is 18.0 Å². The monoisotopic (exact) mass is 671 g/mol. The molecule has 1 saturated carbocycles. The van der Waals surface area contributed by atoms with E-state index in [1.165, 1.54) is 25.7 Å². The van der Waals surface area contributed by atoms with Crippen molar-refractivity contribution in [1.29, 1.82) is 0 Å². The molecule has 4 amide bonds. The highest BCUT2D eigenvalue weighted by atomic mass is 16.5. The van der Waals surface area contributed by atoms with E-state index in [9.17, 15) is 19.2 Å².